The number of esters is 1. The molecule has 0 saturated carbocycles. The van der Waals surface area contributed by atoms with Gasteiger partial charge >= 0.3 is 5.97 Å². The zero-order valence-electron chi connectivity index (χ0n) is 14.0. The van der Waals surface area contributed by atoms with Crippen molar-refractivity contribution in [1.82, 2.24) is 10.2 Å². The predicted octanol–water partition coefficient (Wildman–Crippen LogP) is 1.97. The Morgan fingerprint density at radius 1 is 1.42 bits per heavy atom. The van der Waals surface area contributed by atoms with Gasteiger partial charge in [0.1, 0.15) is 6.54 Å². The summed E-state index contributed by atoms with van der Waals surface area (Å²) < 4.78 is 4.85. The fourth-order valence-corrected chi connectivity index (χ4v) is 3.61. The highest BCUT2D eigenvalue weighted by Crippen LogP contribution is 2.28. The van der Waals surface area contributed by atoms with Crippen LogP contribution >= 0.6 is 11.8 Å². The molecule has 0 radical (unpaired) electrons. The van der Waals surface area contributed by atoms with E-state index in [4.69, 9.17) is 4.74 Å². The maximum atomic E-state index is 12.1. The molecule has 1 fully saturated rings. The van der Waals surface area contributed by atoms with Crippen molar-refractivity contribution in [3.63, 3.8) is 0 Å². The van der Waals surface area contributed by atoms with Crippen molar-refractivity contribution in [1.29, 1.82) is 0 Å². The second-order valence-corrected chi connectivity index (χ2v) is 6.71. The summed E-state index contributed by atoms with van der Waals surface area (Å²) >= 11 is 1.25. The lowest BCUT2D eigenvalue weighted by atomic mass is 9.97. The molecule has 132 valence electrons. The Morgan fingerprint density at radius 3 is 2.96 bits per heavy atom. The molecule has 0 aromatic heterocycles. The Morgan fingerprint density at radius 2 is 2.25 bits per heavy atom. The molecule has 1 saturated heterocycles. The third kappa shape index (κ3) is 5.70. The van der Waals surface area contributed by atoms with Gasteiger partial charge in [0.25, 0.3) is 0 Å². The summed E-state index contributed by atoms with van der Waals surface area (Å²) in [6, 6.07) is 0. The van der Waals surface area contributed by atoms with Gasteiger partial charge in [-0.15, -0.1) is 0 Å². The van der Waals surface area contributed by atoms with Crippen molar-refractivity contribution in [3.05, 3.63) is 22.8 Å². The van der Waals surface area contributed by atoms with Crippen LogP contribution in [-0.2, 0) is 19.1 Å². The molecule has 0 aromatic rings. The summed E-state index contributed by atoms with van der Waals surface area (Å²) in [5.41, 5.74) is 1.40. The van der Waals surface area contributed by atoms with Crippen LogP contribution in [0.15, 0.2) is 22.8 Å². The number of allylic oxidation sites excluding steroid dienone is 1. The molecular weight excluding hydrogens is 328 g/mol. The lowest BCUT2D eigenvalue weighted by molar-refractivity contribution is -0.137. The number of rotatable bonds is 7. The van der Waals surface area contributed by atoms with Crippen molar-refractivity contribution in [2.45, 2.75) is 39.0 Å². The van der Waals surface area contributed by atoms with Gasteiger partial charge in [0, 0.05) is 6.54 Å². The summed E-state index contributed by atoms with van der Waals surface area (Å²) in [6.45, 7) is 2.51. The van der Waals surface area contributed by atoms with Crippen LogP contribution in [0.2, 0.25) is 0 Å². The van der Waals surface area contributed by atoms with Gasteiger partial charge in [0.05, 0.1) is 23.5 Å². The standard InChI is InChI=1S/C17H24N2O4S/c1-2-23-17(22)10-16-19(15(21)12-24-16)11-14(20)18-9-8-13-6-4-3-5-7-13/h6,10H,2-5,7-9,11-12H2,1H3,(H,18,20)/b16-10-. The van der Waals surface area contributed by atoms with Gasteiger partial charge in [-0.05, 0) is 39.0 Å². The van der Waals surface area contributed by atoms with E-state index in [1.807, 2.05) is 0 Å². The molecule has 0 atom stereocenters. The minimum atomic E-state index is -0.496. The smallest absolute Gasteiger partial charge is 0.333 e. The third-order valence-electron chi connectivity index (χ3n) is 3.89. The second-order valence-electron chi connectivity index (χ2n) is 5.71. The van der Waals surface area contributed by atoms with E-state index in [0.29, 0.717) is 11.6 Å². The zero-order valence-corrected chi connectivity index (χ0v) is 14.8. The van der Waals surface area contributed by atoms with Crippen molar-refractivity contribution in [3.8, 4) is 0 Å². The molecule has 1 aliphatic heterocycles. The summed E-state index contributed by atoms with van der Waals surface area (Å²) in [5.74, 6) is -0.632. The summed E-state index contributed by atoms with van der Waals surface area (Å²) in [4.78, 5) is 36.8. The predicted molar refractivity (Wildman–Crippen MR) is 93.1 cm³/mol. The number of carbonyl (C=O) groups excluding carboxylic acids is 3. The first-order valence-corrected chi connectivity index (χ1v) is 9.35. The highest BCUT2D eigenvalue weighted by Gasteiger charge is 2.29. The average Bonchev–Trinajstić information content (AvgIpc) is 2.89. The quantitative estimate of drug-likeness (QED) is 0.431. The lowest BCUT2D eigenvalue weighted by Gasteiger charge is -2.17. The average molecular weight is 352 g/mol. The van der Waals surface area contributed by atoms with Gasteiger partial charge in [-0.3, -0.25) is 14.5 Å². The molecule has 1 aliphatic carbocycles. The highest BCUT2D eigenvalue weighted by atomic mass is 32.2. The first kappa shape index (κ1) is 18.6. The molecule has 0 unspecified atom stereocenters. The molecular formula is C17H24N2O4S. The van der Waals surface area contributed by atoms with Gasteiger partial charge in [-0.2, -0.15) is 0 Å². The summed E-state index contributed by atoms with van der Waals surface area (Å²) in [7, 11) is 0. The van der Waals surface area contributed by atoms with Crippen LogP contribution in [0.3, 0.4) is 0 Å². The van der Waals surface area contributed by atoms with Crippen molar-refractivity contribution in [2.24, 2.45) is 0 Å². The minimum Gasteiger partial charge on any atom is -0.463 e. The number of carbonyl (C=O) groups is 3. The largest absolute Gasteiger partial charge is 0.463 e. The molecule has 7 heteroatoms. The van der Waals surface area contributed by atoms with E-state index >= 15 is 0 Å². The molecule has 6 nitrogen and oxygen atoms in total. The van der Waals surface area contributed by atoms with E-state index < -0.39 is 5.97 Å². The number of thioether (sulfide) groups is 1. The number of hydrogen-bond donors (Lipinski definition) is 1. The maximum absolute atomic E-state index is 12.1. The number of nitrogens with zero attached hydrogens (tertiary/aromatic N) is 1. The van der Waals surface area contributed by atoms with Gasteiger partial charge in [0.2, 0.25) is 11.8 Å². The molecule has 24 heavy (non-hydrogen) atoms. The Bertz CT molecular complexity index is 557. The number of nitrogens with one attached hydrogen (secondary N) is 1. The summed E-state index contributed by atoms with van der Waals surface area (Å²) in [6.07, 6.45) is 9.12. The molecule has 2 rings (SSSR count). The Hall–Kier alpha value is -1.76. The summed E-state index contributed by atoms with van der Waals surface area (Å²) in [5, 5.41) is 3.33. The zero-order chi connectivity index (χ0) is 17.4. The van der Waals surface area contributed by atoms with E-state index in [1.165, 1.54) is 41.2 Å². The van der Waals surface area contributed by atoms with E-state index in [1.54, 1.807) is 6.92 Å². The van der Waals surface area contributed by atoms with Crippen LogP contribution in [0.5, 0.6) is 0 Å². The van der Waals surface area contributed by atoms with Crippen LogP contribution in [0.25, 0.3) is 0 Å². The topological polar surface area (TPSA) is 75.7 Å². The maximum Gasteiger partial charge on any atom is 0.333 e. The van der Waals surface area contributed by atoms with Crippen LogP contribution in [0, 0.1) is 0 Å². The van der Waals surface area contributed by atoms with Crippen molar-refractivity contribution >= 4 is 29.5 Å². The highest BCUT2D eigenvalue weighted by molar-refractivity contribution is 8.04. The van der Waals surface area contributed by atoms with Gasteiger partial charge in [0.15, 0.2) is 0 Å². The number of ether oxygens (including phenoxy) is 1. The minimum absolute atomic E-state index is 0.0594. The SMILES string of the molecule is CCOC(=O)/C=C1\SCC(=O)N1CC(=O)NCCC1=CCCCC1. The van der Waals surface area contributed by atoms with Crippen molar-refractivity contribution in [2.75, 3.05) is 25.4 Å². The van der Waals surface area contributed by atoms with Crippen molar-refractivity contribution < 1.29 is 19.1 Å². The Labute approximate surface area is 146 Å². The van der Waals surface area contributed by atoms with E-state index in [2.05, 4.69) is 11.4 Å². The molecule has 2 amide bonds. The Kier molecular flexibility index (Phi) is 7.36. The fraction of sp³-hybridized carbons (Fsp3) is 0.588. The molecule has 0 aromatic carbocycles. The molecule has 1 heterocycles. The van der Waals surface area contributed by atoms with Crippen LogP contribution in [0.4, 0.5) is 0 Å². The number of hydrogen-bond acceptors (Lipinski definition) is 5. The first-order chi connectivity index (χ1) is 11.6. The number of amides is 2. The first-order valence-electron chi connectivity index (χ1n) is 8.36. The van der Waals surface area contributed by atoms with Gasteiger partial charge < -0.3 is 10.1 Å². The van der Waals surface area contributed by atoms with E-state index in [9.17, 15) is 14.4 Å². The van der Waals surface area contributed by atoms with E-state index in [0.717, 1.165) is 19.3 Å². The van der Waals surface area contributed by atoms with Gasteiger partial charge in [-0.1, -0.05) is 23.4 Å². The lowest BCUT2D eigenvalue weighted by Crippen LogP contribution is -2.38. The molecule has 0 bridgehead atoms. The third-order valence-corrected chi connectivity index (χ3v) is 4.92. The monoisotopic (exact) mass is 352 g/mol. The fourth-order valence-electron chi connectivity index (χ4n) is 2.68. The van der Waals surface area contributed by atoms with Crippen LogP contribution in [0.1, 0.15) is 39.0 Å². The second kappa shape index (κ2) is 9.52. The molecule has 1 N–H and O–H groups in total. The normalized spacial score (nSPS) is 19.4. The molecule has 0 spiro atoms. The van der Waals surface area contributed by atoms with Crippen LogP contribution in [-0.4, -0.2) is 48.1 Å². The van der Waals surface area contributed by atoms with Gasteiger partial charge in [-0.25, -0.2) is 4.79 Å². The van der Waals surface area contributed by atoms with E-state index in [-0.39, 0.29) is 30.7 Å². The Balaban J connectivity index is 1.81. The molecule has 2 aliphatic rings. The van der Waals surface area contributed by atoms with Crippen LogP contribution < -0.4 is 5.32 Å².